The predicted octanol–water partition coefficient (Wildman–Crippen LogP) is 2.46. The molecule has 98 valence electrons. The van der Waals surface area contributed by atoms with Crippen LogP contribution in [0.3, 0.4) is 0 Å². The summed E-state index contributed by atoms with van der Waals surface area (Å²) in [6.07, 6.45) is 4.10. The highest BCUT2D eigenvalue weighted by Gasteiger charge is 2.20. The Morgan fingerprint density at radius 3 is 2.72 bits per heavy atom. The highest BCUT2D eigenvalue weighted by atomic mass is 15.2. The van der Waals surface area contributed by atoms with Crippen molar-refractivity contribution < 1.29 is 0 Å². The van der Waals surface area contributed by atoms with Gasteiger partial charge in [0.1, 0.15) is 0 Å². The first-order valence-corrected chi connectivity index (χ1v) is 6.78. The maximum absolute atomic E-state index is 4.24. The molecule has 1 aliphatic rings. The average Bonchev–Trinajstić information content (AvgIpc) is 3.19. The van der Waals surface area contributed by atoms with Crippen molar-refractivity contribution in [2.75, 3.05) is 13.6 Å². The minimum Gasteiger partial charge on any atom is -0.356 e. The Hall–Kier alpha value is -1.51. The number of aryl methyl sites for hydroxylation is 1. The number of hydrogen-bond acceptors (Lipinski definition) is 1. The van der Waals surface area contributed by atoms with Crippen LogP contribution in [0.1, 0.15) is 30.4 Å². The summed E-state index contributed by atoms with van der Waals surface area (Å²) in [5.74, 6) is 1.87. The number of aliphatic imine (C=N–C) groups is 1. The van der Waals surface area contributed by atoms with E-state index in [2.05, 4.69) is 46.8 Å². The third-order valence-corrected chi connectivity index (χ3v) is 3.47. The Bertz CT molecular complexity index is 408. The lowest BCUT2D eigenvalue weighted by molar-refractivity contribution is 0.684. The van der Waals surface area contributed by atoms with Crippen LogP contribution >= 0.6 is 0 Å². The second-order valence-electron chi connectivity index (χ2n) is 5.01. The number of guanidine groups is 1. The number of nitrogens with one attached hydrogen (secondary N) is 2. The zero-order valence-electron chi connectivity index (χ0n) is 11.4. The summed E-state index contributed by atoms with van der Waals surface area (Å²) in [5, 5.41) is 6.73. The monoisotopic (exact) mass is 245 g/mol. The van der Waals surface area contributed by atoms with Crippen molar-refractivity contribution in [2.24, 2.45) is 10.9 Å². The van der Waals surface area contributed by atoms with Crippen molar-refractivity contribution in [2.45, 2.75) is 32.7 Å². The summed E-state index contributed by atoms with van der Waals surface area (Å²) in [6, 6.07) is 8.44. The summed E-state index contributed by atoms with van der Waals surface area (Å²) in [7, 11) is 1.82. The van der Waals surface area contributed by atoms with Crippen LogP contribution in [0.5, 0.6) is 0 Å². The van der Waals surface area contributed by atoms with E-state index in [4.69, 9.17) is 0 Å². The van der Waals surface area contributed by atoms with Crippen molar-refractivity contribution in [3.63, 3.8) is 0 Å². The molecule has 2 N–H and O–H groups in total. The molecule has 0 aliphatic heterocycles. The van der Waals surface area contributed by atoms with Crippen LogP contribution in [-0.4, -0.2) is 19.6 Å². The van der Waals surface area contributed by atoms with E-state index in [1.165, 1.54) is 30.4 Å². The molecule has 1 aromatic rings. The molecule has 0 aromatic heterocycles. The molecule has 1 saturated carbocycles. The van der Waals surface area contributed by atoms with Gasteiger partial charge in [0, 0.05) is 20.1 Å². The highest BCUT2D eigenvalue weighted by molar-refractivity contribution is 5.79. The molecular formula is C15H23N3. The zero-order chi connectivity index (χ0) is 12.8. The maximum atomic E-state index is 4.24. The largest absolute Gasteiger partial charge is 0.356 e. The lowest BCUT2D eigenvalue weighted by Gasteiger charge is -2.12. The quantitative estimate of drug-likeness (QED) is 0.617. The first kappa shape index (κ1) is 12.9. The lowest BCUT2D eigenvalue weighted by atomic mass is 10.1. The maximum Gasteiger partial charge on any atom is 0.191 e. The van der Waals surface area contributed by atoms with Gasteiger partial charge in [-0.05, 0) is 30.4 Å². The van der Waals surface area contributed by atoms with Crippen LogP contribution in [0.2, 0.25) is 0 Å². The number of rotatable bonds is 5. The Labute approximate surface area is 110 Å². The molecule has 0 radical (unpaired) electrons. The van der Waals surface area contributed by atoms with Crippen molar-refractivity contribution in [1.29, 1.82) is 0 Å². The second kappa shape index (κ2) is 6.43. The van der Waals surface area contributed by atoms with Crippen LogP contribution in [0.15, 0.2) is 29.3 Å². The predicted molar refractivity (Wildman–Crippen MR) is 76.7 cm³/mol. The van der Waals surface area contributed by atoms with E-state index in [-0.39, 0.29) is 0 Å². The molecule has 0 saturated heterocycles. The van der Waals surface area contributed by atoms with E-state index >= 15 is 0 Å². The van der Waals surface area contributed by atoms with E-state index in [0.717, 1.165) is 25.0 Å². The number of nitrogens with zero attached hydrogens (tertiary/aromatic N) is 1. The summed E-state index contributed by atoms with van der Waals surface area (Å²) < 4.78 is 0. The molecule has 0 unspecified atom stereocenters. The number of hydrogen-bond donors (Lipinski definition) is 2. The second-order valence-corrected chi connectivity index (χ2v) is 5.01. The van der Waals surface area contributed by atoms with Crippen molar-refractivity contribution in [1.82, 2.24) is 10.6 Å². The van der Waals surface area contributed by atoms with Gasteiger partial charge in [-0.2, -0.15) is 0 Å². The molecule has 0 atom stereocenters. The lowest BCUT2D eigenvalue weighted by Crippen LogP contribution is -2.37. The smallest absolute Gasteiger partial charge is 0.191 e. The molecule has 0 bridgehead atoms. The van der Waals surface area contributed by atoms with Gasteiger partial charge in [0.25, 0.3) is 0 Å². The molecule has 3 heteroatoms. The van der Waals surface area contributed by atoms with Gasteiger partial charge in [-0.25, -0.2) is 0 Å². The molecule has 0 spiro atoms. The fraction of sp³-hybridized carbons (Fsp3) is 0.533. The Morgan fingerprint density at radius 1 is 1.28 bits per heavy atom. The normalized spacial score (nSPS) is 15.6. The van der Waals surface area contributed by atoms with E-state index < -0.39 is 0 Å². The van der Waals surface area contributed by atoms with E-state index in [0.29, 0.717) is 0 Å². The van der Waals surface area contributed by atoms with Gasteiger partial charge in [0.15, 0.2) is 5.96 Å². The van der Waals surface area contributed by atoms with Crippen LogP contribution < -0.4 is 10.6 Å². The fourth-order valence-corrected chi connectivity index (χ4v) is 2.01. The van der Waals surface area contributed by atoms with Gasteiger partial charge in [-0.3, -0.25) is 4.99 Å². The topological polar surface area (TPSA) is 36.4 Å². The Kier molecular flexibility index (Phi) is 4.62. The minimum absolute atomic E-state index is 0.829. The standard InChI is InChI=1S/C15H23N3/c1-12-5-3-4-6-14(12)11-18-15(16-2)17-10-9-13-7-8-13/h3-6,13H,7-11H2,1-2H3,(H2,16,17,18). The summed E-state index contributed by atoms with van der Waals surface area (Å²) in [5.41, 5.74) is 2.64. The van der Waals surface area contributed by atoms with Crippen molar-refractivity contribution >= 4 is 5.96 Å². The van der Waals surface area contributed by atoms with Gasteiger partial charge in [-0.1, -0.05) is 37.1 Å². The van der Waals surface area contributed by atoms with Gasteiger partial charge >= 0.3 is 0 Å². The van der Waals surface area contributed by atoms with Crippen molar-refractivity contribution in [3.05, 3.63) is 35.4 Å². The molecule has 2 rings (SSSR count). The van der Waals surface area contributed by atoms with E-state index in [1.807, 2.05) is 7.05 Å². The molecular weight excluding hydrogens is 222 g/mol. The van der Waals surface area contributed by atoms with Gasteiger partial charge in [-0.15, -0.1) is 0 Å². The summed E-state index contributed by atoms with van der Waals surface area (Å²) in [4.78, 5) is 4.24. The van der Waals surface area contributed by atoms with E-state index in [9.17, 15) is 0 Å². The zero-order valence-corrected chi connectivity index (χ0v) is 11.4. The van der Waals surface area contributed by atoms with Gasteiger partial charge in [0.05, 0.1) is 0 Å². The van der Waals surface area contributed by atoms with Gasteiger partial charge in [0.2, 0.25) is 0 Å². The van der Waals surface area contributed by atoms with Crippen LogP contribution in [-0.2, 0) is 6.54 Å². The highest BCUT2D eigenvalue weighted by Crippen LogP contribution is 2.31. The van der Waals surface area contributed by atoms with Crippen LogP contribution in [0.4, 0.5) is 0 Å². The molecule has 0 amide bonds. The molecule has 3 nitrogen and oxygen atoms in total. The SMILES string of the molecule is CN=C(NCCC1CC1)NCc1ccccc1C. The fourth-order valence-electron chi connectivity index (χ4n) is 2.01. The van der Waals surface area contributed by atoms with Crippen LogP contribution in [0.25, 0.3) is 0 Å². The van der Waals surface area contributed by atoms with Crippen molar-refractivity contribution in [3.8, 4) is 0 Å². The number of benzene rings is 1. The minimum atomic E-state index is 0.829. The van der Waals surface area contributed by atoms with Crippen LogP contribution in [0, 0.1) is 12.8 Å². The Morgan fingerprint density at radius 2 is 2.06 bits per heavy atom. The molecule has 0 heterocycles. The summed E-state index contributed by atoms with van der Waals surface area (Å²) >= 11 is 0. The first-order chi connectivity index (χ1) is 8.79. The first-order valence-electron chi connectivity index (χ1n) is 6.78. The molecule has 1 aliphatic carbocycles. The van der Waals surface area contributed by atoms with Gasteiger partial charge < -0.3 is 10.6 Å². The summed E-state index contributed by atoms with van der Waals surface area (Å²) in [6.45, 7) is 3.99. The third kappa shape index (κ3) is 4.06. The average molecular weight is 245 g/mol. The van der Waals surface area contributed by atoms with E-state index in [1.54, 1.807) is 0 Å². The molecule has 18 heavy (non-hydrogen) atoms. The third-order valence-electron chi connectivity index (χ3n) is 3.47. The molecule has 1 fully saturated rings. The Balaban J connectivity index is 1.74. The molecule has 1 aromatic carbocycles.